The predicted octanol–water partition coefficient (Wildman–Crippen LogP) is 3.12. The Hall–Kier alpha value is -2.53. The average molecular weight is 365 g/mol. The number of rotatable bonds is 3. The van der Waals surface area contributed by atoms with E-state index in [1.807, 2.05) is 29.2 Å². The highest BCUT2D eigenvalue weighted by atomic mass is 16.3. The van der Waals surface area contributed by atoms with E-state index in [9.17, 15) is 9.90 Å². The molecule has 1 atom stereocenters. The standard InChI is InChI=1S/C22H27N3O2/c26-21-9-3-5-17(13-21)14-24-11-4-8-20(16-24)23-22(27)25-12-10-18-6-1-2-7-19(18)15-25/h1-3,5-7,9,13,20,26H,4,8,10-12,14-16H2,(H,23,27)/t20-/m1/s1. The Morgan fingerprint density at radius 2 is 1.96 bits per heavy atom. The summed E-state index contributed by atoms with van der Waals surface area (Å²) in [6, 6.07) is 16.0. The number of nitrogens with one attached hydrogen (secondary N) is 1. The number of benzene rings is 2. The summed E-state index contributed by atoms with van der Waals surface area (Å²) in [5.74, 6) is 0.305. The fraction of sp³-hybridized carbons (Fsp3) is 0.409. The zero-order chi connectivity index (χ0) is 18.6. The Morgan fingerprint density at radius 1 is 1.11 bits per heavy atom. The van der Waals surface area contributed by atoms with Crippen LogP contribution in [0.25, 0.3) is 0 Å². The topological polar surface area (TPSA) is 55.8 Å². The quantitative estimate of drug-likeness (QED) is 0.879. The van der Waals surface area contributed by atoms with Crippen LogP contribution in [0.1, 0.15) is 29.5 Å². The molecule has 0 radical (unpaired) electrons. The van der Waals surface area contributed by atoms with E-state index in [-0.39, 0.29) is 12.1 Å². The number of nitrogens with zero attached hydrogens (tertiary/aromatic N) is 2. The summed E-state index contributed by atoms with van der Waals surface area (Å²) in [6.07, 6.45) is 3.02. The lowest BCUT2D eigenvalue weighted by Gasteiger charge is -2.35. The highest BCUT2D eigenvalue weighted by molar-refractivity contribution is 5.75. The molecule has 0 unspecified atom stereocenters. The lowest BCUT2D eigenvalue weighted by molar-refractivity contribution is 0.160. The molecule has 4 rings (SSSR count). The third-order valence-electron chi connectivity index (χ3n) is 5.57. The van der Waals surface area contributed by atoms with Crippen molar-refractivity contribution < 1.29 is 9.90 Å². The number of aromatic hydroxyl groups is 1. The number of phenolic OH excluding ortho intramolecular Hbond substituents is 1. The molecule has 1 fully saturated rings. The maximum absolute atomic E-state index is 12.7. The molecule has 5 heteroatoms. The number of carbonyl (C=O) groups is 1. The highest BCUT2D eigenvalue weighted by Crippen LogP contribution is 2.20. The number of hydrogen-bond donors (Lipinski definition) is 2. The van der Waals surface area contributed by atoms with Gasteiger partial charge in [0.2, 0.25) is 0 Å². The Labute approximate surface area is 160 Å². The van der Waals surface area contributed by atoms with Crippen LogP contribution >= 0.6 is 0 Å². The van der Waals surface area contributed by atoms with E-state index in [0.717, 1.165) is 51.0 Å². The van der Waals surface area contributed by atoms with Gasteiger partial charge in [0, 0.05) is 32.2 Å². The molecule has 1 saturated heterocycles. The van der Waals surface area contributed by atoms with E-state index in [0.29, 0.717) is 12.3 Å². The third-order valence-corrected chi connectivity index (χ3v) is 5.57. The van der Waals surface area contributed by atoms with Gasteiger partial charge in [0.15, 0.2) is 0 Å². The second-order valence-corrected chi connectivity index (χ2v) is 7.63. The van der Waals surface area contributed by atoms with E-state index in [2.05, 4.69) is 28.4 Å². The fourth-order valence-electron chi connectivity index (χ4n) is 4.16. The maximum atomic E-state index is 12.7. The zero-order valence-electron chi connectivity index (χ0n) is 15.6. The lowest BCUT2D eigenvalue weighted by atomic mass is 10.00. The molecule has 27 heavy (non-hydrogen) atoms. The van der Waals surface area contributed by atoms with Crippen molar-refractivity contribution in [1.29, 1.82) is 0 Å². The summed E-state index contributed by atoms with van der Waals surface area (Å²) in [6.45, 7) is 4.16. The van der Waals surface area contributed by atoms with Gasteiger partial charge >= 0.3 is 6.03 Å². The summed E-state index contributed by atoms with van der Waals surface area (Å²) in [5, 5.41) is 12.9. The van der Waals surface area contributed by atoms with Crippen LogP contribution in [-0.4, -0.2) is 46.6 Å². The number of amides is 2. The van der Waals surface area contributed by atoms with Gasteiger partial charge in [0.05, 0.1) is 0 Å². The molecular formula is C22H27N3O2. The van der Waals surface area contributed by atoms with E-state index < -0.39 is 0 Å². The van der Waals surface area contributed by atoms with Crippen LogP contribution in [0, 0.1) is 0 Å². The first-order chi connectivity index (χ1) is 13.2. The van der Waals surface area contributed by atoms with Crippen LogP contribution in [0.15, 0.2) is 48.5 Å². The van der Waals surface area contributed by atoms with Gasteiger partial charge in [-0.2, -0.15) is 0 Å². The van der Waals surface area contributed by atoms with Crippen LogP contribution in [0.4, 0.5) is 4.79 Å². The number of fused-ring (bicyclic) bond motifs is 1. The van der Waals surface area contributed by atoms with Crippen molar-refractivity contribution in [2.75, 3.05) is 19.6 Å². The molecule has 2 heterocycles. The maximum Gasteiger partial charge on any atom is 0.317 e. The monoisotopic (exact) mass is 365 g/mol. The molecule has 0 bridgehead atoms. The fourth-order valence-corrected chi connectivity index (χ4v) is 4.16. The van der Waals surface area contributed by atoms with Gasteiger partial charge in [0.25, 0.3) is 0 Å². The number of carbonyl (C=O) groups excluding carboxylic acids is 1. The first kappa shape index (κ1) is 17.9. The summed E-state index contributed by atoms with van der Waals surface area (Å²) in [7, 11) is 0. The molecule has 0 aliphatic carbocycles. The molecule has 2 amide bonds. The molecule has 2 N–H and O–H groups in total. The van der Waals surface area contributed by atoms with Gasteiger partial charge in [-0.1, -0.05) is 36.4 Å². The van der Waals surface area contributed by atoms with Crippen LogP contribution in [0.3, 0.4) is 0 Å². The molecule has 2 aliphatic rings. The van der Waals surface area contributed by atoms with E-state index >= 15 is 0 Å². The second-order valence-electron chi connectivity index (χ2n) is 7.63. The Balaban J connectivity index is 1.32. The number of piperidine rings is 1. The number of urea groups is 1. The van der Waals surface area contributed by atoms with Crippen LogP contribution < -0.4 is 5.32 Å². The van der Waals surface area contributed by atoms with Crippen LogP contribution in [0.2, 0.25) is 0 Å². The third kappa shape index (κ3) is 4.42. The molecule has 5 nitrogen and oxygen atoms in total. The van der Waals surface area contributed by atoms with Crippen molar-refractivity contribution >= 4 is 6.03 Å². The summed E-state index contributed by atoms with van der Waals surface area (Å²) in [5.41, 5.74) is 3.72. The van der Waals surface area contributed by atoms with Crippen molar-refractivity contribution in [2.45, 2.75) is 38.4 Å². The van der Waals surface area contributed by atoms with Gasteiger partial charge in [-0.15, -0.1) is 0 Å². The predicted molar refractivity (Wildman–Crippen MR) is 105 cm³/mol. The molecule has 0 spiro atoms. The normalized spacial score (nSPS) is 20.1. The molecule has 2 aliphatic heterocycles. The summed E-state index contributed by atoms with van der Waals surface area (Å²) >= 11 is 0. The Bertz CT molecular complexity index is 808. The highest BCUT2D eigenvalue weighted by Gasteiger charge is 2.25. The Kier molecular flexibility index (Phi) is 5.30. The molecule has 0 aromatic heterocycles. The van der Waals surface area contributed by atoms with E-state index in [1.165, 1.54) is 11.1 Å². The minimum Gasteiger partial charge on any atom is -0.508 e. The first-order valence-electron chi connectivity index (χ1n) is 9.80. The first-order valence-corrected chi connectivity index (χ1v) is 9.80. The number of hydrogen-bond acceptors (Lipinski definition) is 3. The van der Waals surface area contributed by atoms with Gasteiger partial charge < -0.3 is 15.3 Å². The van der Waals surface area contributed by atoms with Crippen LogP contribution in [-0.2, 0) is 19.5 Å². The van der Waals surface area contributed by atoms with E-state index in [1.54, 1.807) is 6.07 Å². The van der Waals surface area contributed by atoms with Gasteiger partial charge in [-0.3, -0.25) is 4.90 Å². The van der Waals surface area contributed by atoms with Crippen molar-refractivity contribution in [3.63, 3.8) is 0 Å². The van der Waals surface area contributed by atoms with Gasteiger partial charge in [-0.05, 0) is 54.6 Å². The van der Waals surface area contributed by atoms with Crippen molar-refractivity contribution in [3.8, 4) is 5.75 Å². The minimum atomic E-state index is 0.0497. The van der Waals surface area contributed by atoms with Crippen LogP contribution in [0.5, 0.6) is 5.75 Å². The molecule has 2 aromatic rings. The average Bonchev–Trinajstić information content (AvgIpc) is 2.68. The number of phenols is 1. The molecule has 2 aromatic carbocycles. The van der Waals surface area contributed by atoms with Gasteiger partial charge in [0.1, 0.15) is 5.75 Å². The van der Waals surface area contributed by atoms with Crippen molar-refractivity contribution in [1.82, 2.24) is 15.1 Å². The Morgan fingerprint density at radius 3 is 2.81 bits per heavy atom. The lowest BCUT2D eigenvalue weighted by Crippen LogP contribution is -2.52. The zero-order valence-corrected chi connectivity index (χ0v) is 15.6. The largest absolute Gasteiger partial charge is 0.508 e. The number of likely N-dealkylation sites (tertiary alicyclic amines) is 1. The summed E-state index contributed by atoms with van der Waals surface area (Å²) in [4.78, 5) is 17.0. The molecule has 0 saturated carbocycles. The van der Waals surface area contributed by atoms with Gasteiger partial charge in [-0.25, -0.2) is 4.79 Å². The SMILES string of the molecule is O=C(N[C@@H]1CCCN(Cc2cccc(O)c2)C1)N1CCc2ccccc2C1. The second kappa shape index (κ2) is 8.01. The summed E-state index contributed by atoms with van der Waals surface area (Å²) < 4.78 is 0. The minimum absolute atomic E-state index is 0.0497. The molecule has 142 valence electrons. The van der Waals surface area contributed by atoms with Crippen molar-refractivity contribution in [2.24, 2.45) is 0 Å². The molecular weight excluding hydrogens is 338 g/mol. The smallest absolute Gasteiger partial charge is 0.317 e. The van der Waals surface area contributed by atoms with E-state index in [4.69, 9.17) is 0 Å². The van der Waals surface area contributed by atoms with Crippen molar-refractivity contribution in [3.05, 3.63) is 65.2 Å².